The number of thiophene rings is 2. The van der Waals surface area contributed by atoms with Crippen molar-refractivity contribution < 1.29 is 0 Å². The molecule has 0 saturated carbocycles. The molecule has 0 bridgehead atoms. The summed E-state index contributed by atoms with van der Waals surface area (Å²) in [5.41, 5.74) is 7.69. The number of rotatable bonds is 3. The Hall–Kier alpha value is -6.84. The van der Waals surface area contributed by atoms with Gasteiger partial charge in [0.05, 0.1) is 0 Å². The third kappa shape index (κ3) is 4.62. The van der Waals surface area contributed by atoms with Crippen molar-refractivity contribution in [3.63, 3.8) is 0 Å². The molecule has 0 spiro atoms. The smallest absolute Gasteiger partial charge is 0.0434 e. The van der Waals surface area contributed by atoms with Crippen molar-refractivity contribution in [2.45, 2.75) is 0 Å². The molecule has 11 aromatic carbocycles. The molecule has 0 atom stereocenters. The van der Waals surface area contributed by atoms with E-state index in [0.29, 0.717) is 0 Å². The van der Waals surface area contributed by atoms with Crippen molar-refractivity contribution in [3.05, 3.63) is 194 Å². The second-order valence-corrected chi connectivity index (χ2v) is 17.6. The van der Waals surface area contributed by atoms with Gasteiger partial charge in [0.1, 0.15) is 0 Å². The summed E-state index contributed by atoms with van der Waals surface area (Å²) in [5, 5.41) is 18.2. The van der Waals surface area contributed by atoms with Gasteiger partial charge in [-0.2, -0.15) is 0 Å². The van der Waals surface area contributed by atoms with Gasteiger partial charge in [-0.25, -0.2) is 0 Å². The highest BCUT2D eigenvalue weighted by Crippen LogP contribution is 2.48. The quantitative estimate of drug-likeness (QED) is 0.157. The molecule has 0 aliphatic carbocycles. The van der Waals surface area contributed by atoms with Crippen molar-refractivity contribution >= 4 is 117 Å². The maximum atomic E-state index is 2.45. The van der Waals surface area contributed by atoms with Crippen LogP contribution >= 0.6 is 22.7 Å². The molecule has 0 saturated heterocycles. The van der Waals surface area contributed by atoms with E-state index < -0.39 is 0 Å². The standard InChI is InChI=1S/C56H32S2/c1-3-15-37-33(12-1)14-11-23-42(37)54-45-20-8-6-18-43(45)53(44-19-7-9-21-46(44)54)36-26-28-41-40-27-25-35(30-51(40)57-52(41)31-36)49-32-50-48-29-24-34-13-2-4-16-38(34)55(48)58-56(50)47-22-10-5-17-39(47)49/h1-32H. The minimum Gasteiger partial charge on any atom is -0.135 e. The minimum absolute atomic E-state index is 1.25. The van der Waals surface area contributed by atoms with E-state index in [0.717, 1.165) is 0 Å². The SMILES string of the molecule is c1ccc2c(-c3c4ccccc4c(-c4ccc5c(c4)sc4cc(-c6cc7c8ccc9ccccc9c8sc7c7ccccc67)ccc45)c4ccccc34)cccc2c1. The molecule has 58 heavy (non-hydrogen) atoms. The average Bonchev–Trinajstić information content (AvgIpc) is 3.86. The monoisotopic (exact) mass is 768 g/mol. The molecule has 0 fully saturated rings. The predicted octanol–water partition coefficient (Wildman–Crippen LogP) is 17.2. The molecule has 2 heteroatoms. The molecule has 13 aromatic rings. The molecule has 0 nitrogen and oxygen atoms in total. The predicted molar refractivity (Wildman–Crippen MR) is 256 cm³/mol. The first-order valence-corrected chi connectivity index (χ1v) is 21.5. The Morgan fingerprint density at radius 3 is 1.43 bits per heavy atom. The van der Waals surface area contributed by atoms with Crippen LogP contribution in [0.25, 0.3) is 128 Å². The second-order valence-electron chi connectivity index (χ2n) is 15.5. The van der Waals surface area contributed by atoms with Gasteiger partial charge in [0.15, 0.2) is 0 Å². The van der Waals surface area contributed by atoms with E-state index in [4.69, 9.17) is 0 Å². The minimum atomic E-state index is 1.25. The fourth-order valence-electron chi connectivity index (χ4n) is 9.84. The molecular weight excluding hydrogens is 737 g/mol. The van der Waals surface area contributed by atoms with E-state index in [2.05, 4.69) is 194 Å². The maximum Gasteiger partial charge on any atom is 0.0434 e. The van der Waals surface area contributed by atoms with Crippen LogP contribution in [0.15, 0.2) is 194 Å². The Labute approximate surface area is 342 Å². The first kappa shape index (κ1) is 32.3. The van der Waals surface area contributed by atoms with Gasteiger partial charge < -0.3 is 0 Å². The van der Waals surface area contributed by atoms with Crippen molar-refractivity contribution in [2.75, 3.05) is 0 Å². The zero-order valence-electron chi connectivity index (χ0n) is 31.3. The Balaban J connectivity index is 1.00. The summed E-state index contributed by atoms with van der Waals surface area (Å²) < 4.78 is 5.37. The van der Waals surface area contributed by atoms with Crippen LogP contribution in [0.5, 0.6) is 0 Å². The highest BCUT2D eigenvalue weighted by Gasteiger charge is 2.20. The van der Waals surface area contributed by atoms with Crippen LogP contribution in [-0.2, 0) is 0 Å². The van der Waals surface area contributed by atoms with Crippen LogP contribution in [0.3, 0.4) is 0 Å². The van der Waals surface area contributed by atoms with Crippen molar-refractivity contribution in [1.82, 2.24) is 0 Å². The lowest BCUT2D eigenvalue weighted by atomic mass is 9.84. The van der Waals surface area contributed by atoms with Crippen molar-refractivity contribution in [3.8, 4) is 33.4 Å². The van der Waals surface area contributed by atoms with Gasteiger partial charge in [0, 0.05) is 45.7 Å². The lowest BCUT2D eigenvalue weighted by molar-refractivity contribution is 1.69. The van der Waals surface area contributed by atoms with Crippen LogP contribution in [0.2, 0.25) is 0 Å². The molecule has 0 amide bonds. The fourth-order valence-corrected chi connectivity index (χ4v) is 12.4. The van der Waals surface area contributed by atoms with Crippen LogP contribution in [0.1, 0.15) is 0 Å². The zero-order chi connectivity index (χ0) is 37.9. The number of benzene rings is 11. The molecule has 13 rings (SSSR count). The van der Waals surface area contributed by atoms with Crippen LogP contribution in [0.4, 0.5) is 0 Å². The van der Waals surface area contributed by atoms with Gasteiger partial charge >= 0.3 is 0 Å². The molecule has 2 heterocycles. The summed E-state index contributed by atoms with van der Waals surface area (Å²) in [5.74, 6) is 0. The van der Waals surface area contributed by atoms with Crippen LogP contribution < -0.4 is 0 Å². The third-order valence-electron chi connectivity index (χ3n) is 12.4. The zero-order valence-corrected chi connectivity index (χ0v) is 32.9. The normalized spacial score (nSPS) is 12.1. The Morgan fingerprint density at radius 2 is 0.724 bits per heavy atom. The average molecular weight is 769 g/mol. The van der Waals surface area contributed by atoms with E-state index >= 15 is 0 Å². The fraction of sp³-hybridized carbons (Fsp3) is 0. The van der Waals surface area contributed by atoms with Crippen molar-refractivity contribution in [2.24, 2.45) is 0 Å². The highest BCUT2D eigenvalue weighted by molar-refractivity contribution is 7.27. The van der Waals surface area contributed by atoms with Crippen molar-refractivity contribution in [1.29, 1.82) is 0 Å². The van der Waals surface area contributed by atoms with E-state index in [1.54, 1.807) is 0 Å². The number of hydrogen-bond acceptors (Lipinski definition) is 2. The summed E-state index contributed by atoms with van der Waals surface area (Å²) in [6, 6.07) is 72.5. The lowest BCUT2D eigenvalue weighted by Gasteiger charge is -2.18. The molecular formula is C56H32S2. The summed E-state index contributed by atoms with van der Waals surface area (Å²) in [6.07, 6.45) is 0. The van der Waals surface area contributed by atoms with Crippen LogP contribution in [0, 0.1) is 0 Å². The lowest BCUT2D eigenvalue weighted by Crippen LogP contribution is -1.91. The van der Waals surface area contributed by atoms with E-state index in [1.165, 1.54) is 128 Å². The Kier molecular flexibility index (Phi) is 6.86. The van der Waals surface area contributed by atoms with Gasteiger partial charge in [0.2, 0.25) is 0 Å². The van der Waals surface area contributed by atoms with Gasteiger partial charge in [-0.05, 0) is 100 Å². The van der Waals surface area contributed by atoms with Gasteiger partial charge in [0.25, 0.3) is 0 Å². The number of hydrogen-bond donors (Lipinski definition) is 0. The summed E-state index contributed by atoms with van der Waals surface area (Å²) >= 11 is 3.84. The Morgan fingerprint density at radius 1 is 0.241 bits per heavy atom. The van der Waals surface area contributed by atoms with Gasteiger partial charge in [-0.3, -0.25) is 0 Å². The van der Waals surface area contributed by atoms with E-state index in [-0.39, 0.29) is 0 Å². The Bertz CT molecular complexity index is 3800. The first-order valence-electron chi connectivity index (χ1n) is 19.9. The molecule has 0 aliphatic heterocycles. The van der Waals surface area contributed by atoms with Gasteiger partial charge in [-0.15, -0.1) is 22.7 Å². The first-order chi connectivity index (χ1) is 28.8. The second kappa shape index (κ2) is 12.3. The molecule has 0 radical (unpaired) electrons. The topological polar surface area (TPSA) is 0 Å². The highest BCUT2D eigenvalue weighted by atomic mass is 32.1. The third-order valence-corrected chi connectivity index (χ3v) is 14.8. The van der Waals surface area contributed by atoms with E-state index in [1.807, 2.05) is 22.7 Å². The van der Waals surface area contributed by atoms with Gasteiger partial charge in [-0.1, -0.05) is 176 Å². The molecule has 268 valence electrons. The number of fused-ring (bicyclic) bond motifs is 13. The molecule has 0 unspecified atom stereocenters. The van der Waals surface area contributed by atoms with Crippen LogP contribution in [-0.4, -0.2) is 0 Å². The maximum absolute atomic E-state index is 2.45. The molecule has 0 N–H and O–H groups in total. The summed E-state index contributed by atoms with van der Waals surface area (Å²) in [7, 11) is 0. The molecule has 2 aromatic heterocycles. The largest absolute Gasteiger partial charge is 0.135 e. The van der Waals surface area contributed by atoms with E-state index in [9.17, 15) is 0 Å². The summed E-state index contributed by atoms with van der Waals surface area (Å²) in [6.45, 7) is 0. The molecule has 0 aliphatic rings. The summed E-state index contributed by atoms with van der Waals surface area (Å²) in [4.78, 5) is 0.